The van der Waals surface area contributed by atoms with Gasteiger partial charge in [0.25, 0.3) is 5.91 Å². The molecular formula is C31H27Cl2N3O5S. The zero-order valence-corrected chi connectivity index (χ0v) is 24.6. The summed E-state index contributed by atoms with van der Waals surface area (Å²) in [6.45, 7) is -0.404. The van der Waals surface area contributed by atoms with Gasteiger partial charge in [-0.05, 0) is 59.7 Å². The summed E-state index contributed by atoms with van der Waals surface area (Å²) in [6, 6.07) is 28.8. The largest absolute Gasteiger partial charge is 0.477 e. The molecule has 0 aromatic heterocycles. The quantitative estimate of drug-likeness (QED) is 0.273. The van der Waals surface area contributed by atoms with Gasteiger partial charge >= 0.3 is 0 Å². The molecule has 1 aliphatic heterocycles. The van der Waals surface area contributed by atoms with Crippen molar-refractivity contribution in [3.8, 4) is 5.75 Å². The average Bonchev–Trinajstić information content (AvgIpc) is 2.99. The second-order valence-corrected chi connectivity index (χ2v) is 12.4. The molecular weight excluding hydrogens is 597 g/mol. The first-order valence-electron chi connectivity index (χ1n) is 13.1. The Balaban J connectivity index is 1.41. The van der Waals surface area contributed by atoms with Crippen LogP contribution in [0.5, 0.6) is 5.75 Å². The van der Waals surface area contributed by atoms with E-state index in [4.69, 9.17) is 27.9 Å². The predicted octanol–water partition coefficient (Wildman–Crippen LogP) is 5.29. The topological polar surface area (TPSA) is 96.0 Å². The van der Waals surface area contributed by atoms with Gasteiger partial charge in [0.1, 0.15) is 5.75 Å². The molecule has 0 spiro atoms. The number of para-hydroxylation sites is 2. The summed E-state index contributed by atoms with van der Waals surface area (Å²) in [5.41, 5.74) is 1.97. The predicted molar refractivity (Wildman–Crippen MR) is 162 cm³/mol. The molecule has 4 aromatic rings. The van der Waals surface area contributed by atoms with E-state index in [2.05, 4.69) is 5.32 Å². The molecule has 4 aromatic carbocycles. The van der Waals surface area contributed by atoms with Crippen molar-refractivity contribution < 1.29 is 22.7 Å². The molecule has 1 N–H and O–H groups in total. The van der Waals surface area contributed by atoms with Crippen molar-refractivity contribution in [3.05, 3.63) is 124 Å². The van der Waals surface area contributed by atoms with Gasteiger partial charge in [0.05, 0.1) is 23.7 Å². The van der Waals surface area contributed by atoms with E-state index in [0.29, 0.717) is 33.6 Å². The molecule has 0 radical (unpaired) electrons. The van der Waals surface area contributed by atoms with E-state index >= 15 is 0 Å². The van der Waals surface area contributed by atoms with E-state index in [0.717, 1.165) is 9.87 Å². The second-order valence-electron chi connectivity index (χ2n) is 9.64. The van der Waals surface area contributed by atoms with Gasteiger partial charge in [0, 0.05) is 23.1 Å². The zero-order chi connectivity index (χ0) is 29.7. The van der Waals surface area contributed by atoms with Crippen molar-refractivity contribution in [2.24, 2.45) is 0 Å². The summed E-state index contributed by atoms with van der Waals surface area (Å²) in [4.78, 5) is 28.4. The van der Waals surface area contributed by atoms with Gasteiger partial charge in [-0.15, -0.1) is 0 Å². The standard InChI is InChI=1S/C31H27Cl2N3O5S/c32-24-13-15-26(16-14-24)42(39,40)35(19-23-9-6-10-25(33)17-23)21-30(37)36-20-29(41-28-12-5-4-11-27(28)36)31(38)34-18-22-7-2-1-3-8-22/h1-17,29H,18-21H2,(H,34,38)/t29-/m0/s1. The number of carbonyl (C=O) groups is 2. The van der Waals surface area contributed by atoms with Crippen LogP contribution in [-0.2, 0) is 32.7 Å². The number of amides is 2. The molecule has 0 saturated carbocycles. The summed E-state index contributed by atoms with van der Waals surface area (Å²) in [7, 11) is -4.14. The molecule has 216 valence electrons. The molecule has 1 aliphatic rings. The number of fused-ring (bicyclic) bond motifs is 1. The highest BCUT2D eigenvalue weighted by Gasteiger charge is 2.36. The molecule has 0 fully saturated rings. The van der Waals surface area contributed by atoms with E-state index in [1.807, 2.05) is 30.3 Å². The Morgan fingerprint density at radius 2 is 1.55 bits per heavy atom. The molecule has 5 rings (SSSR count). The Bertz CT molecular complexity index is 1680. The number of sulfonamides is 1. The first kappa shape index (κ1) is 29.6. The summed E-state index contributed by atoms with van der Waals surface area (Å²) in [5.74, 6) is -0.569. The molecule has 11 heteroatoms. The van der Waals surface area contributed by atoms with E-state index in [9.17, 15) is 18.0 Å². The number of rotatable bonds is 9. The lowest BCUT2D eigenvalue weighted by molar-refractivity contribution is -0.128. The number of nitrogens with zero attached hydrogens (tertiary/aromatic N) is 2. The molecule has 0 aliphatic carbocycles. The highest BCUT2D eigenvalue weighted by molar-refractivity contribution is 7.89. The Hall–Kier alpha value is -3.89. The van der Waals surface area contributed by atoms with Gasteiger partial charge < -0.3 is 15.0 Å². The monoisotopic (exact) mass is 623 g/mol. The van der Waals surface area contributed by atoms with E-state index in [1.54, 1.807) is 48.5 Å². The molecule has 2 amide bonds. The zero-order valence-electron chi connectivity index (χ0n) is 22.3. The normalized spacial score (nSPS) is 14.6. The maximum Gasteiger partial charge on any atom is 0.263 e. The van der Waals surface area contributed by atoms with Crippen LogP contribution in [-0.4, -0.2) is 43.7 Å². The number of anilines is 1. The Labute approximate surface area is 254 Å². The molecule has 1 heterocycles. The minimum Gasteiger partial charge on any atom is -0.477 e. The van der Waals surface area contributed by atoms with Crippen LogP contribution in [0.25, 0.3) is 0 Å². The van der Waals surface area contributed by atoms with Crippen molar-refractivity contribution >= 4 is 50.7 Å². The number of halogens is 2. The van der Waals surface area contributed by atoms with Gasteiger partial charge in [-0.25, -0.2) is 8.42 Å². The van der Waals surface area contributed by atoms with Crippen molar-refractivity contribution in [1.29, 1.82) is 0 Å². The lowest BCUT2D eigenvalue weighted by atomic mass is 10.1. The Morgan fingerprint density at radius 1 is 0.857 bits per heavy atom. The summed E-state index contributed by atoms with van der Waals surface area (Å²) >= 11 is 12.2. The maximum absolute atomic E-state index is 13.9. The van der Waals surface area contributed by atoms with Gasteiger partial charge in [0.2, 0.25) is 15.9 Å². The highest BCUT2D eigenvalue weighted by Crippen LogP contribution is 2.34. The highest BCUT2D eigenvalue weighted by atomic mass is 35.5. The molecule has 1 atom stereocenters. The van der Waals surface area contributed by atoms with Crippen molar-refractivity contribution in [2.75, 3.05) is 18.0 Å². The number of benzene rings is 4. The minimum atomic E-state index is -4.14. The van der Waals surface area contributed by atoms with Gasteiger partial charge in [-0.2, -0.15) is 4.31 Å². The second kappa shape index (κ2) is 13.0. The fourth-order valence-electron chi connectivity index (χ4n) is 4.56. The fraction of sp³-hybridized carbons (Fsp3) is 0.161. The summed E-state index contributed by atoms with van der Waals surface area (Å²) in [6.07, 6.45) is -0.998. The number of hydrogen-bond acceptors (Lipinski definition) is 5. The van der Waals surface area contributed by atoms with Crippen LogP contribution in [0.3, 0.4) is 0 Å². The number of carbonyl (C=O) groups excluding carboxylic acids is 2. The van der Waals surface area contributed by atoms with Crippen LogP contribution in [0.2, 0.25) is 10.0 Å². The van der Waals surface area contributed by atoms with Crippen molar-refractivity contribution in [3.63, 3.8) is 0 Å². The Morgan fingerprint density at radius 3 is 2.29 bits per heavy atom. The lowest BCUT2D eigenvalue weighted by Crippen LogP contribution is -2.52. The average molecular weight is 625 g/mol. The Kier molecular flexibility index (Phi) is 9.13. The third-order valence-corrected chi connectivity index (χ3v) is 8.98. The first-order valence-corrected chi connectivity index (χ1v) is 15.3. The first-order chi connectivity index (χ1) is 20.2. The van der Waals surface area contributed by atoms with Gasteiger partial charge in [-0.3, -0.25) is 9.59 Å². The van der Waals surface area contributed by atoms with Gasteiger partial charge in [0.15, 0.2) is 6.10 Å². The molecule has 0 unspecified atom stereocenters. The third-order valence-electron chi connectivity index (χ3n) is 6.69. The van der Waals surface area contributed by atoms with Crippen LogP contribution in [0.4, 0.5) is 5.69 Å². The number of hydrogen-bond donors (Lipinski definition) is 1. The van der Waals surface area contributed by atoms with Crippen LogP contribution in [0.15, 0.2) is 108 Å². The number of nitrogens with one attached hydrogen (secondary N) is 1. The molecule has 8 nitrogen and oxygen atoms in total. The van der Waals surface area contributed by atoms with Crippen LogP contribution >= 0.6 is 23.2 Å². The van der Waals surface area contributed by atoms with Crippen LogP contribution < -0.4 is 15.0 Å². The van der Waals surface area contributed by atoms with Crippen LogP contribution in [0.1, 0.15) is 11.1 Å². The van der Waals surface area contributed by atoms with Crippen molar-refractivity contribution in [1.82, 2.24) is 9.62 Å². The maximum atomic E-state index is 13.9. The lowest BCUT2D eigenvalue weighted by Gasteiger charge is -2.35. The summed E-state index contributed by atoms with van der Waals surface area (Å²) in [5, 5.41) is 3.68. The molecule has 0 saturated heterocycles. The minimum absolute atomic E-state index is 0.0118. The summed E-state index contributed by atoms with van der Waals surface area (Å²) < 4.78 is 34.6. The van der Waals surface area contributed by atoms with E-state index in [-0.39, 0.29) is 18.0 Å². The number of ether oxygens (including phenoxy) is 1. The smallest absolute Gasteiger partial charge is 0.263 e. The molecule has 42 heavy (non-hydrogen) atoms. The van der Waals surface area contributed by atoms with Crippen LogP contribution in [0, 0.1) is 0 Å². The van der Waals surface area contributed by atoms with E-state index in [1.165, 1.54) is 29.2 Å². The fourth-order valence-corrected chi connectivity index (χ4v) is 6.28. The van der Waals surface area contributed by atoms with E-state index < -0.39 is 34.5 Å². The third kappa shape index (κ3) is 6.94. The SMILES string of the molecule is O=C(NCc1ccccc1)[C@@H]1CN(C(=O)CN(Cc2cccc(Cl)c2)S(=O)(=O)c2ccc(Cl)cc2)c2ccccc2O1. The van der Waals surface area contributed by atoms with Crippen molar-refractivity contribution in [2.45, 2.75) is 24.1 Å². The van der Waals surface area contributed by atoms with Gasteiger partial charge in [-0.1, -0.05) is 77.8 Å². The molecule has 0 bridgehead atoms.